The molecule has 24 heteroatoms. The summed E-state index contributed by atoms with van der Waals surface area (Å²) in [4.78, 5) is 153. The van der Waals surface area contributed by atoms with Crippen molar-refractivity contribution in [2.45, 2.75) is 173 Å². The van der Waals surface area contributed by atoms with Crippen molar-refractivity contribution in [1.82, 2.24) is 41.7 Å². The zero-order chi connectivity index (χ0) is 57.3. The van der Waals surface area contributed by atoms with Crippen LogP contribution in [0.3, 0.4) is 0 Å². The van der Waals surface area contributed by atoms with Crippen LogP contribution in [0.4, 0.5) is 0 Å². The van der Waals surface area contributed by atoms with Crippen molar-refractivity contribution >= 4 is 65.2 Å². The summed E-state index contributed by atoms with van der Waals surface area (Å²) in [5.41, 5.74) is 1.13. The number of aliphatic hydroxyl groups is 1. The zero-order valence-electron chi connectivity index (χ0n) is 44.5. The number of hydrogen-bond acceptors (Lipinski definition) is 14. The molecular formula is C53H74N8O16. The van der Waals surface area contributed by atoms with Gasteiger partial charge in [0.05, 0.1) is 0 Å². The lowest BCUT2D eigenvalue weighted by atomic mass is 9.93. The lowest BCUT2D eigenvalue weighted by molar-refractivity contribution is -0.167. The Morgan fingerprint density at radius 3 is 2.03 bits per heavy atom. The van der Waals surface area contributed by atoms with Gasteiger partial charge in [-0.15, -0.1) is 0 Å². The number of carbonyl (C=O) groups excluding carboxylic acids is 9. The van der Waals surface area contributed by atoms with Gasteiger partial charge in [0, 0.05) is 39.2 Å². The number of cyclic esters (lactones) is 1. The van der Waals surface area contributed by atoms with Gasteiger partial charge in [0.1, 0.15) is 66.4 Å². The first-order chi connectivity index (χ1) is 36.4. The predicted octanol–water partition coefficient (Wildman–Crippen LogP) is 0.400. The minimum absolute atomic E-state index is 0.0544. The number of phenols is 1. The van der Waals surface area contributed by atoms with Crippen molar-refractivity contribution in [3.05, 3.63) is 65.7 Å². The SMILES string of the molecule is CCCC(=O)N[C@@H](Cc1ccc(O)cc1)C(=O)N[C@@H](CCC(=O)N[C@@H]1C(=O)N[C@@H](CCC(=O)O)C(=O)N[C@H]2CC[C@@H](O)N(C2=O)[C@@H](C(C)C)C(=O)N(C)[C@@H](Cc2ccccc2)C(=O)NC([C@@H](C)CC)C(=O)O[C@@H]1C)C(=O)O. The molecule has 0 saturated carbocycles. The maximum absolute atomic E-state index is 14.7. The molecule has 2 heterocycles. The van der Waals surface area contributed by atoms with E-state index in [4.69, 9.17) is 4.74 Å². The minimum Gasteiger partial charge on any atom is -0.508 e. The van der Waals surface area contributed by atoms with Gasteiger partial charge in [0.15, 0.2) is 0 Å². The molecule has 422 valence electrons. The van der Waals surface area contributed by atoms with Crippen molar-refractivity contribution in [2.24, 2.45) is 11.8 Å². The molecule has 0 radical (unpaired) electrons. The maximum atomic E-state index is 14.7. The van der Waals surface area contributed by atoms with E-state index in [1.807, 2.05) is 0 Å². The Morgan fingerprint density at radius 2 is 1.43 bits per heavy atom. The summed E-state index contributed by atoms with van der Waals surface area (Å²) in [5.74, 6) is -12.6. The average molecular weight is 1080 g/mol. The van der Waals surface area contributed by atoms with Gasteiger partial charge >= 0.3 is 17.9 Å². The van der Waals surface area contributed by atoms with Gasteiger partial charge in [-0.1, -0.05) is 83.5 Å². The summed E-state index contributed by atoms with van der Waals surface area (Å²) in [5, 5.41) is 55.9. The molecule has 2 bridgehead atoms. The maximum Gasteiger partial charge on any atom is 0.329 e. The summed E-state index contributed by atoms with van der Waals surface area (Å²) < 4.78 is 5.84. The van der Waals surface area contributed by atoms with E-state index in [0.717, 1.165) is 9.80 Å². The highest BCUT2D eigenvalue weighted by Gasteiger charge is 2.47. The lowest BCUT2D eigenvalue weighted by Gasteiger charge is -2.44. The number of aliphatic hydroxyl groups excluding tert-OH is 1. The van der Waals surface area contributed by atoms with E-state index in [1.165, 1.54) is 38.2 Å². The van der Waals surface area contributed by atoms with Crippen molar-refractivity contribution in [2.75, 3.05) is 7.05 Å². The first-order valence-electron chi connectivity index (χ1n) is 25.9. The molecule has 1 unspecified atom stereocenters. The van der Waals surface area contributed by atoms with Gasteiger partial charge in [-0.25, -0.2) is 9.59 Å². The van der Waals surface area contributed by atoms with Gasteiger partial charge in [-0.05, 0) is 74.1 Å². The Labute approximate surface area is 446 Å². The number of nitrogens with zero attached hydrogens (tertiary/aromatic N) is 2. The molecule has 0 spiro atoms. The summed E-state index contributed by atoms with van der Waals surface area (Å²) in [6.45, 7) is 9.57. The highest BCUT2D eigenvalue weighted by atomic mass is 16.5. The first-order valence-corrected chi connectivity index (χ1v) is 25.9. The van der Waals surface area contributed by atoms with Gasteiger partial charge in [0.25, 0.3) is 0 Å². The highest BCUT2D eigenvalue weighted by Crippen LogP contribution is 2.27. The summed E-state index contributed by atoms with van der Waals surface area (Å²) in [6, 6.07) is 2.15. The van der Waals surface area contributed by atoms with E-state index >= 15 is 0 Å². The standard InChI is InChI=1S/C53H74N8O16/c1-8-13-39(63)54-37(26-32-16-18-33(62)19-17-32)47(69)57-36(52(74)75)20-23-40(64)58-44-30(6)77-53(76)43(29(5)9-2)59-48(70)38(27-31-14-11-10-12-15-31)60(7)51(73)45(28(3)4)61-41(65)24-21-35(50(61)72)56-46(68)34(55-49(44)71)22-25-42(66)67/h10-12,14-19,28-30,34-38,41,43-45,62,65H,8-9,13,20-27H2,1-7H3,(H,54,63)(H,55,71)(H,56,68)(H,57,69)(H,58,64)(H,59,70)(H,66,67)(H,74,75)/t29-,30+,34-,35-,36-,37-,38-,41+,43?,44-,45-/m0/s1. The van der Waals surface area contributed by atoms with Crippen molar-refractivity contribution in [1.29, 1.82) is 0 Å². The Bertz CT molecular complexity index is 2440. The normalized spacial score (nSPS) is 24.1. The third kappa shape index (κ3) is 17.7. The number of phenolic OH excluding ortho intramolecular Hbond substituents is 1. The number of carboxylic acids is 2. The Morgan fingerprint density at radius 1 is 0.766 bits per heavy atom. The number of rotatable bonds is 20. The molecule has 0 aliphatic carbocycles. The number of nitrogens with one attached hydrogen (secondary N) is 6. The topological polar surface area (TPSA) is 357 Å². The average Bonchev–Trinajstić information content (AvgIpc) is 3.37. The lowest BCUT2D eigenvalue weighted by Crippen LogP contribution is -2.66. The van der Waals surface area contributed by atoms with Crippen LogP contribution in [0.5, 0.6) is 5.75 Å². The number of carboxylic acid groups (broad SMARTS) is 2. The second-order valence-corrected chi connectivity index (χ2v) is 19.9. The van der Waals surface area contributed by atoms with Crippen molar-refractivity contribution in [3.8, 4) is 5.75 Å². The number of aliphatic carboxylic acids is 2. The predicted molar refractivity (Wildman–Crippen MR) is 274 cm³/mol. The summed E-state index contributed by atoms with van der Waals surface area (Å²) in [6.07, 6.45) is -5.40. The van der Waals surface area contributed by atoms with E-state index in [9.17, 15) is 73.2 Å². The molecule has 11 atom stereocenters. The first kappa shape index (κ1) is 61.9. The molecule has 2 aliphatic heterocycles. The van der Waals surface area contributed by atoms with Gasteiger partial charge in [-0.3, -0.25) is 43.2 Å². The van der Waals surface area contributed by atoms with E-state index in [1.54, 1.807) is 65.0 Å². The quantitative estimate of drug-likeness (QED) is 0.0803. The van der Waals surface area contributed by atoms with Crippen molar-refractivity contribution in [3.63, 3.8) is 0 Å². The largest absolute Gasteiger partial charge is 0.508 e. The van der Waals surface area contributed by atoms with E-state index < -0.39 is 163 Å². The zero-order valence-corrected chi connectivity index (χ0v) is 44.5. The summed E-state index contributed by atoms with van der Waals surface area (Å²) >= 11 is 0. The fraction of sp³-hybridized carbons (Fsp3) is 0.566. The number of hydrogen-bond donors (Lipinski definition) is 10. The molecule has 2 aromatic carbocycles. The molecule has 8 amide bonds. The van der Waals surface area contributed by atoms with Gasteiger partial charge < -0.3 is 66.9 Å². The highest BCUT2D eigenvalue weighted by molar-refractivity contribution is 5.98. The van der Waals surface area contributed by atoms with Crippen molar-refractivity contribution < 1.29 is 77.9 Å². The molecular weight excluding hydrogens is 1000 g/mol. The molecule has 24 nitrogen and oxygen atoms in total. The van der Waals surface area contributed by atoms with Gasteiger partial charge in [-0.2, -0.15) is 0 Å². The molecule has 77 heavy (non-hydrogen) atoms. The Balaban J connectivity index is 1.74. The molecule has 2 fully saturated rings. The monoisotopic (exact) mass is 1080 g/mol. The third-order valence-electron chi connectivity index (χ3n) is 13.7. The van der Waals surface area contributed by atoms with Crippen LogP contribution in [0.1, 0.15) is 110 Å². The fourth-order valence-corrected chi connectivity index (χ4v) is 9.02. The number of ether oxygens (including phenoxy) is 1. The Kier molecular flexibility index (Phi) is 23.4. The number of carbonyl (C=O) groups is 11. The number of aromatic hydroxyl groups is 1. The van der Waals surface area contributed by atoms with Crippen LogP contribution in [0, 0.1) is 11.8 Å². The molecule has 2 aromatic rings. The number of amides is 8. The van der Waals surface area contributed by atoms with Crippen LogP contribution in [0.2, 0.25) is 0 Å². The number of esters is 1. The van der Waals surface area contributed by atoms with Crippen LogP contribution in [0.25, 0.3) is 0 Å². The Hall–Kier alpha value is -7.63. The second kappa shape index (κ2) is 29.0. The van der Waals surface area contributed by atoms with Gasteiger partial charge in [0.2, 0.25) is 47.3 Å². The van der Waals surface area contributed by atoms with Crippen LogP contribution in [-0.4, -0.2) is 163 Å². The van der Waals surface area contributed by atoms with Crippen LogP contribution < -0.4 is 31.9 Å². The van der Waals surface area contributed by atoms with Crippen LogP contribution in [-0.2, 0) is 70.3 Å². The molecule has 4 rings (SSSR count). The van der Waals surface area contributed by atoms with E-state index in [0.29, 0.717) is 17.5 Å². The fourth-order valence-electron chi connectivity index (χ4n) is 9.02. The third-order valence-corrected chi connectivity index (χ3v) is 13.7. The number of likely N-dealkylation sites (N-methyl/N-ethyl adjacent to an activating group) is 1. The second-order valence-electron chi connectivity index (χ2n) is 19.9. The molecule has 0 aromatic heterocycles. The summed E-state index contributed by atoms with van der Waals surface area (Å²) in [7, 11) is 1.35. The molecule has 10 N–H and O–H groups in total. The number of benzene rings is 2. The van der Waals surface area contributed by atoms with Crippen LogP contribution in [0.15, 0.2) is 54.6 Å². The van der Waals surface area contributed by atoms with E-state index in [2.05, 4.69) is 31.9 Å². The molecule has 2 aliphatic rings. The number of fused-ring (bicyclic) bond motifs is 2. The number of piperidine rings is 1. The van der Waals surface area contributed by atoms with Crippen LogP contribution >= 0.6 is 0 Å². The minimum atomic E-state index is -1.91. The van der Waals surface area contributed by atoms with E-state index in [-0.39, 0.29) is 44.3 Å². The smallest absolute Gasteiger partial charge is 0.329 e. The molecule has 2 saturated heterocycles.